The van der Waals surface area contributed by atoms with Gasteiger partial charge in [0.25, 0.3) is 0 Å². The normalized spacial score (nSPS) is 19.1. The Morgan fingerprint density at radius 2 is 2.27 bits per heavy atom. The van der Waals surface area contributed by atoms with E-state index in [1.165, 1.54) is 18.2 Å². The Morgan fingerprint density at radius 3 is 2.87 bits per heavy atom. The predicted molar refractivity (Wildman–Crippen MR) is 51.5 cm³/mol. The van der Waals surface area contributed by atoms with Crippen molar-refractivity contribution in [3.8, 4) is 11.8 Å². The van der Waals surface area contributed by atoms with Gasteiger partial charge in [-0.3, -0.25) is 0 Å². The van der Waals surface area contributed by atoms with Crippen molar-refractivity contribution in [2.75, 3.05) is 0 Å². The number of fused-ring (bicyclic) bond motifs is 1. The van der Waals surface area contributed by atoms with Crippen LogP contribution in [0.4, 0.5) is 0 Å². The Kier molecular flexibility index (Phi) is 2.14. The van der Waals surface area contributed by atoms with Gasteiger partial charge in [-0.05, 0) is 18.2 Å². The molecule has 6 heteroatoms. The lowest BCUT2D eigenvalue weighted by Gasteiger charge is -2.01. The Balaban J connectivity index is 2.44. The summed E-state index contributed by atoms with van der Waals surface area (Å²) in [6, 6.07) is 6.30. The summed E-state index contributed by atoms with van der Waals surface area (Å²) >= 11 is 0. The molecule has 1 aromatic rings. The molecule has 0 saturated carbocycles. The monoisotopic (exact) mass is 224 g/mol. The molecule has 0 aromatic heterocycles. The Bertz CT molecular complexity index is 545. The molecule has 0 bridgehead atoms. The molecule has 1 aromatic carbocycles. The van der Waals surface area contributed by atoms with Crippen LogP contribution in [0.2, 0.25) is 0 Å². The highest BCUT2D eigenvalue weighted by Crippen LogP contribution is 2.30. The molecule has 0 amide bonds. The number of nitrogens with two attached hydrogens (primary N) is 1. The maximum absolute atomic E-state index is 11.1. The molecule has 0 saturated heterocycles. The smallest absolute Gasteiger partial charge is 0.238 e. The Labute approximate surface area is 87.1 Å². The first-order valence-corrected chi connectivity index (χ1v) is 5.77. The van der Waals surface area contributed by atoms with E-state index in [0.717, 1.165) is 0 Å². The summed E-state index contributed by atoms with van der Waals surface area (Å²) in [5.74, 6) is 0.550. The van der Waals surface area contributed by atoms with Crippen molar-refractivity contribution in [3.63, 3.8) is 0 Å². The van der Waals surface area contributed by atoms with Crippen LogP contribution in [0.1, 0.15) is 5.56 Å². The molecule has 0 unspecified atom stereocenters. The summed E-state index contributed by atoms with van der Waals surface area (Å²) < 4.78 is 27.3. The van der Waals surface area contributed by atoms with Crippen LogP contribution in [0.15, 0.2) is 23.1 Å². The lowest BCUT2D eigenvalue weighted by Crippen LogP contribution is -2.12. The second-order valence-electron chi connectivity index (χ2n) is 3.25. The van der Waals surface area contributed by atoms with E-state index in [-0.39, 0.29) is 4.90 Å². The third-order valence-corrected chi connectivity index (χ3v) is 3.09. The molecule has 0 spiro atoms. The molecule has 1 aliphatic heterocycles. The summed E-state index contributed by atoms with van der Waals surface area (Å²) in [5.41, 5.74) is 0.702. The summed E-state index contributed by atoms with van der Waals surface area (Å²) in [4.78, 5) is 0.0449. The van der Waals surface area contributed by atoms with Crippen LogP contribution in [0.25, 0.3) is 0 Å². The molecular formula is C9H8N2O3S. The van der Waals surface area contributed by atoms with Crippen molar-refractivity contribution in [1.29, 1.82) is 5.26 Å². The van der Waals surface area contributed by atoms with Gasteiger partial charge in [0.1, 0.15) is 11.8 Å². The molecular weight excluding hydrogens is 216 g/mol. The van der Waals surface area contributed by atoms with E-state index >= 15 is 0 Å². The van der Waals surface area contributed by atoms with Gasteiger partial charge in [0.15, 0.2) is 6.10 Å². The molecule has 5 nitrogen and oxygen atoms in total. The number of ether oxygens (including phenoxy) is 1. The highest BCUT2D eigenvalue weighted by Gasteiger charge is 2.23. The number of nitriles is 1. The third-order valence-electron chi connectivity index (χ3n) is 2.18. The van der Waals surface area contributed by atoms with E-state index in [1.807, 2.05) is 6.07 Å². The van der Waals surface area contributed by atoms with Crippen LogP contribution in [0, 0.1) is 11.3 Å². The topological polar surface area (TPSA) is 93.2 Å². The number of sulfonamides is 1. The molecule has 0 fully saturated rings. The molecule has 1 heterocycles. The fourth-order valence-corrected chi connectivity index (χ4v) is 2.04. The maximum atomic E-state index is 11.1. The largest absolute Gasteiger partial charge is 0.475 e. The van der Waals surface area contributed by atoms with Crippen molar-refractivity contribution in [3.05, 3.63) is 23.8 Å². The van der Waals surface area contributed by atoms with Crippen molar-refractivity contribution >= 4 is 10.0 Å². The van der Waals surface area contributed by atoms with Gasteiger partial charge in [-0.1, -0.05) is 0 Å². The van der Waals surface area contributed by atoms with Gasteiger partial charge in [-0.15, -0.1) is 0 Å². The van der Waals surface area contributed by atoms with Gasteiger partial charge < -0.3 is 4.74 Å². The van der Waals surface area contributed by atoms with Crippen LogP contribution < -0.4 is 9.88 Å². The quantitative estimate of drug-likeness (QED) is 0.735. The number of hydrogen-bond acceptors (Lipinski definition) is 4. The van der Waals surface area contributed by atoms with Gasteiger partial charge in [0.05, 0.1) is 4.90 Å². The minimum atomic E-state index is -3.69. The average molecular weight is 224 g/mol. The third kappa shape index (κ3) is 1.79. The molecule has 15 heavy (non-hydrogen) atoms. The van der Waals surface area contributed by atoms with Crippen LogP contribution in [0.5, 0.6) is 5.75 Å². The van der Waals surface area contributed by atoms with Gasteiger partial charge in [0.2, 0.25) is 10.0 Å². The van der Waals surface area contributed by atoms with Crippen molar-refractivity contribution < 1.29 is 13.2 Å². The van der Waals surface area contributed by atoms with E-state index < -0.39 is 16.1 Å². The second kappa shape index (κ2) is 3.22. The summed E-state index contributed by atoms with van der Waals surface area (Å²) in [7, 11) is -3.69. The van der Waals surface area contributed by atoms with E-state index in [2.05, 4.69) is 0 Å². The van der Waals surface area contributed by atoms with E-state index in [9.17, 15) is 8.42 Å². The first kappa shape index (κ1) is 9.96. The van der Waals surface area contributed by atoms with E-state index in [1.54, 1.807) is 0 Å². The van der Waals surface area contributed by atoms with Gasteiger partial charge >= 0.3 is 0 Å². The number of rotatable bonds is 1. The maximum Gasteiger partial charge on any atom is 0.238 e. The number of hydrogen-bond donors (Lipinski definition) is 1. The number of benzene rings is 1. The first-order valence-electron chi connectivity index (χ1n) is 4.23. The van der Waals surface area contributed by atoms with Crippen LogP contribution in [-0.4, -0.2) is 14.5 Å². The molecule has 0 aliphatic carbocycles. The molecule has 2 N–H and O–H groups in total. The minimum Gasteiger partial charge on any atom is -0.475 e. The molecule has 1 atom stereocenters. The molecule has 0 radical (unpaired) electrons. The number of primary sulfonamides is 1. The van der Waals surface area contributed by atoms with Gasteiger partial charge in [-0.2, -0.15) is 5.26 Å². The average Bonchev–Trinajstić information content (AvgIpc) is 2.57. The fraction of sp³-hybridized carbons (Fsp3) is 0.222. The van der Waals surface area contributed by atoms with Crippen molar-refractivity contribution in [2.45, 2.75) is 17.4 Å². The van der Waals surface area contributed by atoms with E-state index in [0.29, 0.717) is 17.7 Å². The van der Waals surface area contributed by atoms with Gasteiger partial charge in [0, 0.05) is 12.0 Å². The zero-order chi connectivity index (χ0) is 11.1. The lowest BCUT2D eigenvalue weighted by molar-refractivity contribution is 0.290. The molecule has 1 aliphatic rings. The summed E-state index contributed by atoms with van der Waals surface area (Å²) in [6.45, 7) is 0. The standard InChI is InChI=1S/C9H8N2O3S/c10-5-7-3-6-4-8(15(11,12)13)1-2-9(6)14-7/h1-2,4,7H,3H2,(H2,11,12,13)/t7-/m0/s1. The summed E-state index contributed by atoms with van der Waals surface area (Å²) in [6.07, 6.45) is -0.134. The minimum absolute atomic E-state index is 0.0449. The van der Waals surface area contributed by atoms with Gasteiger partial charge in [-0.25, -0.2) is 13.6 Å². The first-order chi connectivity index (χ1) is 7.00. The zero-order valence-electron chi connectivity index (χ0n) is 7.67. The fourth-order valence-electron chi connectivity index (χ4n) is 1.47. The van der Waals surface area contributed by atoms with E-state index in [4.69, 9.17) is 15.1 Å². The Hall–Kier alpha value is -1.58. The van der Waals surface area contributed by atoms with Crippen LogP contribution in [0.3, 0.4) is 0 Å². The van der Waals surface area contributed by atoms with Crippen LogP contribution in [-0.2, 0) is 16.4 Å². The zero-order valence-corrected chi connectivity index (χ0v) is 8.49. The van der Waals surface area contributed by atoms with Crippen molar-refractivity contribution in [1.82, 2.24) is 0 Å². The second-order valence-corrected chi connectivity index (χ2v) is 4.82. The van der Waals surface area contributed by atoms with Crippen molar-refractivity contribution in [2.24, 2.45) is 5.14 Å². The lowest BCUT2D eigenvalue weighted by atomic mass is 10.1. The SMILES string of the molecule is N#C[C@@H]1Cc2cc(S(N)(=O)=O)ccc2O1. The predicted octanol–water partition coefficient (Wildman–Crippen LogP) is 0.161. The highest BCUT2D eigenvalue weighted by molar-refractivity contribution is 7.89. The number of nitrogens with zero attached hydrogens (tertiary/aromatic N) is 1. The molecule has 78 valence electrons. The highest BCUT2D eigenvalue weighted by atomic mass is 32.2. The Morgan fingerprint density at radius 1 is 1.53 bits per heavy atom. The van der Waals surface area contributed by atoms with Crippen LogP contribution >= 0.6 is 0 Å². The summed E-state index contributed by atoms with van der Waals surface area (Å²) in [5, 5.41) is 13.6. The molecule has 2 rings (SSSR count).